The minimum atomic E-state index is -2.11. The molecule has 1 fully saturated rings. The standard InChI is InChI=1S/C48H59N3O14/c1-24-11-10-12-25(2)46(58)50-36-37(51-18-21-62-22-19-51)42(56)33-34(41(36)55)40(54)29(6)44-35(33)45(57)48(7,65-44)63-20-17-32(61-9)26(3)43(28(5)39(53)27(4)38(24)52)64-47(59)49-23-30-13-15-31(60-8)16-14-30/h10-17,20,24,26-28,32,38-39,43,52-54H,18-19,21-23H2,1-9H3,(H,49,59)(H,50,58)/b11-10+,20-17+,25-12-/t24-,26?,27+,28+,32-,38-,39+,43+,48-/m0/s1. The SMILES string of the molecule is COc1ccc(CNC(=O)O[C@@H]2C(C)[C@@H](OC)/C=C/O[C@@]3(C)Oc4c(C)c(O)c5c(c4C3=O)C(=O)C(N3CCOCC3)=C(NC(=O)/C(C)=C\C=C\[C@H](C)[C@H](O)[C@@H](C)[C@@H](O)[C@H]2C)C5=O)cc1. The fraction of sp³-hybridized carbons (Fsp3) is 0.479. The van der Waals surface area contributed by atoms with Crippen molar-refractivity contribution >= 4 is 29.4 Å². The Bertz CT molecular complexity index is 2310. The first-order valence-electron chi connectivity index (χ1n) is 21.6. The molecule has 5 bridgehead atoms. The minimum absolute atomic E-state index is 0.0106. The second-order valence-corrected chi connectivity index (χ2v) is 17.1. The molecule has 17 heteroatoms. The number of phenolic OH excluding ortho intramolecular Hbond substituents is 1. The molecule has 7 rings (SSSR count). The van der Waals surface area contributed by atoms with Gasteiger partial charge in [0, 0.05) is 68.5 Å². The molecule has 2 aromatic rings. The number of amides is 2. The number of ketones is 3. The van der Waals surface area contributed by atoms with Gasteiger partial charge in [0.2, 0.25) is 11.6 Å². The van der Waals surface area contributed by atoms with Crippen LogP contribution in [0.3, 0.4) is 0 Å². The number of nitrogens with one attached hydrogen (secondary N) is 2. The van der Waals surface area contributed by atoms with E-state index in [1.807, 2.05) is 0 Å². The van der Waals surface area contributed by atoms with Gasteiger partial charge in [-0.15, -0.1) is 0 Å². The van der Waals surface area contributed by atoms with Gasteiger partial charge in [-0.05, 0) is 37.6 Å². The van der Waals surface area contributed by atoms with Crippen LogP contribution in [-0.4, -0.2) is 120 Å². The highest BCUT2D eigenvalue weighted by molar-refractivity contribution is 6.32. The van der Waals surface area contributed by atoms with E-state index < -0.39 is 94.5 Å². The third-order valence-electron chi connectivity index (χ3n) is 12.8. The number of methoxy groups -OCH3 is 2. The van der Waals surface area contributed by atoms with Crippen molar-refractivity contribution in [2.75, 3.05) is 40.5 Å². The van der Waals surface area contributed by atoms with Gasteiger partial charge >= 0.3 is 11.9 Å². The van der Waals surface area contributed by atoms with Crippen LogP contribution in [0.4, 0.5) is 4.79 Å². The first-order valence-corrected chi connectivity index (χ1v) is 21.6. The summed E-state index contributed by atoms with van der Waals surface area (Å²) in [7, 11) is 2.97. The van der Waals surface area contributed by atoms with Gasteiger partial charge in [0.25, 0.3) is 11.7 Å². The maximum absolute atomic E-state index is 14.8. The third kappa shape index (κ3) is 9.69. The van der Waals surface area contributed by atoms with Gasteiger partial charge in [0.05, 0.1) is 61.6 Å². The van der Waals surface area contributed by atoms with E-state index in [1.54, 1.807) is 76.1 Å². The number of carbonyl (C=O) groups is 5. The Morgan fingerprint density at radius 2 is 1.58 bits per heavy atom. The van der Waals surface area contributed by atoms with Crippen molar-refractivity contribution in [1.29, 1.82) is 0 Å². The molecular weight excluding hydrogens is 843 g/mol. The van der Waals surface area contributed by atoms with E-state index in [1.165, 1.54) is 46.3 Å². The van der Waals surface area contributed by atoms with Crippen LogP contribution in [0.25, 0.3) is 0 Å². The van der Waals surface area contributed by atoms with Gasteiger partial charge in [-0.2, -0.15) is 0 Å². The number of carbonyl (C=O) groups excluding carboxylic acids is 5. The molecule has 0 radical (unpaired) electrons. The van der Waals surface area contributed by atoms with E-state index in [9.17, 15) is 39.3 Å². The molecule has 4 aliphatic heterocycles. The molecule has 17 nitrogen and oxygen atoms in total. The number of alkyl carbamates (subject to hydrolysis) is 1. The highest BCUT2D eigenvalue weighted by Gasteiger charge is 2.53. The van der Waals surface area contributed by atoms with Crippen LogP contribution < -0.4 is 20.1 Å². The quantitative estimate of drug-likeness (QED) is 0.266. The Morgan fingerprint density at radius 3 is 2.23 bits per heavy atom. The molecule has 350 valence electrons. The van der Waals surface area contributed by atoms with E-state index >= 15 is 0 Å². The highest BCUT2D eigenvalue weighted by atomic mass is 16.7. The van der Waals surface area contributed by atoms with E-state index in [0.717, 1.165) is 5.56 Å². The lowest BCUT2D eigenvalue weighted by Crippen LogP contribution is -2.47. The van der Waals surface area contributed by atoms with Gasteiger partial charge in [-0.3, -0.25) is 19.2 Å². The summed E-state index contributed by atoms with van der Waals surface area (Å²) in [5, 5.41) is 40.3. The second kappa shape index (κ2) is 20.0. The fourth-order valence-corrected chi connectivity index (χ4v) is 8.66. The van der Waals surface area contributed by atoms with Crippen LogP contribution in [0.2, 0.25) is 0 Å². The summed E-state index contributed by atoms with van der Waals surface area (Å²) in [6.45, 7) is 12.0. The number of rotatable bonds is 6. The molecular formula is C48H59N3O14. The monoisotopic (exact) mass is 901 g/mol. The molecule has 2 amide bonds. The summed E-state index contributed by atoms with van der Waals surface area (Å²) in [6, 6.07) is 7.10. The number of Topliss-reactive ketones (excluding diaryl/α,β-unsaturated/α-hetero) is 3. The third-order valence-corrected chi connectivity index (χ3v) is 12.8. The first-order chi connectivity index (χ1) is 30.8. The average molecular weight is 902 g/mol. The molecule has 4 heterocycles. The van der Waals surface area contributed by atoms with E-state index in [4.69, 9.17) is 28.4 Å². The molecule has 5 aliphatic rings. The van der Waals surface area contributed by atoms with Gasteiger partial charge in [0.1, 0.15) is 34.7 Å². The Balaban J connectivity index is 1.41. The number of hydrogen-bond acceptors (Lipinski definition) is 15. The molecule has 1 saturated heterocycles. The summed E-state index contributed by atoms with van der Waals surface area (Å²) in [4.78, 5) is 72.6. The van der Waals surface area contributed by atoms with Crippen molar-refractivity contribution in [3.8, 4) is 17.2 Å². The first kappa shape index (κ1) is 48.4. The van der Waals surface area contributed by atoms with Gasteiger partial charge in [0.15, 0.2) is 0 Å². The number of hydrogen-bond donors (Lipinski definition) is 5. The van der Waals surface area contributed by atoms with Crippen LogP contribution in [0.15, 0.2) is 71.8 Å². The maximum atomic E-state index is 14.8. The average Bonchev–Trinajstić information content (AvgIpc) is 3.57. The molecule has 1 aliphatic carbocycles. The largest absolute Gasteiger partial charge is 0.507 e. The zero-order valence-corrected chi connectivity index (χ0v) is 38.1. The summed E-state index contributed by atoms with van der Waals surface area (Å²) in [5.74, 6) is -8.25. The van der Waals surface area contributed by atoms with Crippen LogP contribution in [0, 0.1) is 30.6 Å². The molecule has 0 saturated carbocycles. The summed E-state index contributed by atoms with van der Waals surface area (Å²) in [6.07, 6.45) is 2.32. The second-order valence-electron chi connectivity index (χ2n) is 17.1. The number of allylic oxidation sites excluding steroid dienone is 4. The van der Waals surface area contributed by atoms with Gasteiger partial charge in [-0.25, -0.2) is 4.79 Å². The fourth-order valence-electron chi connectivity index (χ4n) is 8.66. The van der Waals surface area contributed by atoms with Gasteiger partial charge < -0.3 is 59.3 Å². The Labute approximate surface area is 378 Å². The lowest BCUT2D eigenvalue weighted by Gasteiger charge is -2.38. The van der Waals surface area contributed by atoms with Crippen LogP contribution >= 0.6 is 0 Å². The Morgan fingerprint density at radius 1 is 0.908 bits per heavy atom. The highest BCUT2D eigenvalue weighted by Crippen LogP contribution is 2.49. The van der Waals surface area contributed by atoms with Crippen molar-refractivity contribution < 1.29 is 67.7 Å². The van der Waals surface area contributed by atoms with Crippen molar-refractivity contribution in [2.24, 2.45) is 23.7 Å². The number of fused-ring (bicyclic) bond motifs is 14. The van der Waals surface area contributed by atoms with Crippen molar-refractivity contribution in [3.05, 3.63) is 99.6 Å². The zero-order chi connectivity index (χ0) is 47.5. The number of aliphatic hydroxyl groups is 2. The lowest BCUT2D eigenvalue weighted by atomic mass is 9.78. The predicted molar refractivity (Wildman–Crippen MR) is 235 cm³/mol. The smallest absolute Gasteiger partial charge is 0.407 e. The topological polar surface area (TPSA) is 229 Å². The van der Waals surface area contributed by atoms with Crippen LogP contribution in [0.5, 0.6) is 17.2 Å². The molecule has 9 atom stereocenters. The molecule has 5 N–H and O–H groups in total. The molecule has 1 unspecified atom stereocenters. The number of morpholine rings is 1. The number of phenols is 1. The number of benzene rings is 2. The number of nitrogens with zero attached hydrogens (tertiary/aromatic N) is 1. The van der Waals surface area contributed by atoms with Crippen molar-refractivity contribution in [3.63, 3.8) is 0 Å². The summed E-state index contributed by atoms with van der Waals surface area (Å²) >= 11 is 0. The molecule has 0 aromatic heterocycles. The maximum Gasteiger partial charge on any atom is 0.407 e. The Hall–Kier alpha value is -6.01. The zero-order valence-electron chi connectivity index (χ0n) is 38.1. The van der Waals surface area contributed by atoms with Crippen LogP contribution in [-0.2, 0) is 30.3 Å². The van der Waals surface area contributed by atoms with Crippen LogP contribution in [0.1, 0.15) is 83.7 Å². The van der Waals surface area contributed by atoms with E-state index in [2.05, 4.69) is 10.6 Å². The predicted octanol–water partition coefficient (Wildman–Crippen LogP) is 4.66. The minimum Gasteiger partial charge on any atom is -0.507 e. The number of ether oxygens (including phenoxy) is 6. The number of aromatic hydroxyl groups is 1. The lowest BCUT2D eigenvalue weighted by molar-refractivity contribution is -0.116. The number of aliphatic hydroxyl groups excluding tert-OH is 2. The van der Waals surface area contributed by atoms with Gasteiger partial charge in [-0.1, -0.05) is 58.1 Å². The normalized spacial score (nSPS) is 30.7. The van der Waals surface area contributed by atoms with E-state index in [0.29, 0.717) is 5.75 Å². The van der Waals surface area contributed by atoms with Crippen molar-refractivity contribution in [1.82, 2.24) is 15.5 Å². The molecule has 65 heavy (non-hydrogen) atoms. The molecule has 0 spiro atoms. The summed E-state index contributed by atoms with van der Waals surface area (Å²) in [5.41, 5.74) is -0.777. The molecule has 2 aromatic carbocycles. The van der Waals surface area contributed by atoms with Crippen molar-refractivity contribution in [2.45, 2.75) is 85.2 Å². The van der Waals surface area contributed by atoms with E-state index in [-0.39, 0.29) is 72.3 Å². The Kier molecular flexibility index (Phi) is 14.9. The summed E-state index contributed by atoms with van der Waals surface area (Å²) < 4.78 is 34.8.